The Balaban J connectivity index is 1.31. The number of nitriles is 1. The molecule has 0 aromatic heterocycles. The van der Waals surface area contributed by atoms with Crippen LogP contribution in [0.25, 0.3) is 0 Å². The minimum atomic E-state index is -4.85. The van der Waals surface area contributed by atoms with Gasteiger partial charge in [-0.15, -0.1) is 0 Å². The van der Waals surface area contributed by atoms with Crippen molar-refractivity contribution in [3.05, 3.63) is 65.0 Å². The number of hydrogen-bond donors (Lipinski definition) is 1. The second-order valence-electron chi connectivity index (χ2n) is 11.1. The zero-order chi connectivity index (χ0) is 27.8. The van der Waals surface area contributed by atoms with E-state index >= 15 is 0 Å². The molecule has 0 spiro atoms. The van der Waals surface area contributed by atoms with Crippen LogP contribution in [-0.2, 0) is 11.6 Å². The molecule has 3 fully saturated rings. The van der Waals surface area contributed by atoms with Crippen molar-refractivity contribution < 1.29 is 22.4 Å². The lowest BCUT2D eigenvalue weighted by Crippen LogP contribution is -2.47. The van der Waals surface area contributed by atoms with E-state index in [0.29, 0.717) is 18.2 Å². The highest BCUT2D eigenvalue weighted by Crippen LogP contribution is 2.65. The Kier molecular flexibility index (Phi) is 7.57. The summed E-state index contributed by atoms with van der Waals surface area (Å²) in [6.45, 7) is 5.24. The summed E-state index contributed by atoms with van der Waals surface area (Å²) >= 11 is 0. The number of piperazine rings is 1. The topological polar surface area (TPSA) is 62.6 Å². The highest BCUT2D eigenvalue weighted by atomic mass is 19.4. The third-order valence-electron chi connectivity index (χ3n) is 8.73. The SMILES string of the molecule is CN1CCN(CCCN(C(=O)Nc2ccc(F)c(C(F)(F)F)c2)[C@@H]2CC[C@@]3(c4ccc(C#N)cc4)CC23)CC1. The number of nitrogens with one attached hydrogen (secondary N) is 1. The largest absolute Gasteiger partial charge is 0.419 e. The second-order valence-corrected chi connectivity index (χ2v) is 11.1. The minimum Gasteiger partial charge on any atom is -0.321 e. The van der Waals surface area contributed by atoms with Crippen LogP contribution in [0.3, 0.4) is 0 Å². The molecule has 3 aliphatic rings. The molecule has 1 saturated heterocycles. The van der Waals surface area contributed by atoms with Gasteiger partial charge in [-0.2, -0.15) is 18.4 Å². The lowest BCUT2D eigenvalue weighted by molar-refractivity contribution is -0.139. The van der Waals surface area contributed by atoms with Gasteiger partial charge in [-0.1, -0.05) is 12.1 Å². The van der Waals surface area contributed by atoms with E-state index in [-0.39, 0.29) is 23.1 Å². The van der Waals surface area contributed by atoms with Crippen LogP contribution < -0.4 is 5.32 Å². The van der Waals surface area contributed by atoms with E-state index in [1.54, 1.807) is 4.90 Å². The van der Waals surface area contributed by atoms with Gasteiger partial charge in [0.2, 0.25) is 0 Å². The first kappa shape index (κ1) is 27.4. The van der Waals surface area contributed by atoms with Gasteiger partial charge in [0.25, 0.3) is 0 Å². The van der Waals surface area contributed by atoms with Gasteiger partial charge in [-0.05, 0) is 81.1 Å². The van der Waals surface area contributed by atoms with E-state index in [2.05, 4.69) is 28.2 Å². The predicted octanol–water partition coefficient (Wildman–Crippen LogP) is 5.31. The Morgan fingerprint density at radius 3 is 2.51 bits per heavy atom. The Morgan fingerprint density at radius 1 is 1.15 bits per heavy atom. The number of halogens is 4. The smallest absolute Gasteiger partial charge is 0.321 e. The Morgan fingerprint density at radius 2 is 1.87 bits per heavy atom. The number of alkyl halides is 3. The lowest BCUT2D eigenvalue weighted by atomic mass is 9.93. The fourth-order valence-electron chi connectivity index (χ4n) is 6.43. The van der Waals surface area contributed by atoms with Crippen molar-refractivity contribution >= 4 is 11.7 Å². The summed E-state index contributed by atoms with van der Waals surface area (Å²) in [6, 6.07) is 11.8. The molecule has 3 atom stereocenters. The minimum absolute atomic E-state index is 0.0338. The molecule has 10 heteroatoms. The number of carbonyl (C=O) groups excluding carboxylic acids is 1. The van der Waals surface area contributed by atoms with Gasteiger partial charge in [0, 0.05) is 49.9 Å². The van der Waals surface area contributed by atoms with Crippen molar-refractivity contribution in [3.63, 3.8) is 0 Å². The fraction of sp³-hybridized carbons (Fsp3) is 0.517. The highest BCUT2D eigenvalue weighted by Gasteiger charge is 2.64. The number of amides is 2. The summed E-state index contributed by atoms with van der Waals surface area (Å²) in [6.07, 6.45) is -1.47. The van der Waals surface area contributed by atoms with E-state index in [1.165, 1.54) is 5.56 Å². The van der Waals surface area contributed by atoms with E-state index in [1.807, 2.05) is 24.3 Å². The molecule has 2 aliphatic carbocycles. The van der Waals surface area contributed by atoms with Crippen LogP contribution in [0.4, 0.5) is 28.0 Å². The molecule has 2 aromatic rings. The van der Waals surface area contributed by atoms with Gasteiger partial charge < -0.3 is 20.0 Å². The average Bonchev–Trinajstić information content (AvgIpc) is 3.54. The molecule has 2 amide bonds. The molecule has 1 N–H and O–H groups in total. The zero-order valence-corrected chi connectivity index (χ0v) is 22.0. The average molecular weight is 544 g/mol. The first-order chi connectivity index (χ1) is 18.6. The maximum Gasteiger partial charge on any atom is 0.419 e. The highest BCUT2D eigenvalue weighted by molar-refractivity contribution is 5.89. The van der Waals surface area contributed by atoms with Crippen LogP contribution in [0.15, 0.2) is 42.5 Å². The fourth-order valence-corrected chi connectivity index (χ4v) is 6.43. The van der Waals surface area contributed by atoms with Gasteiger partial charge >= 0.3 is 12.2 Å². The summed E-state index contributed by atoms with van der Waals surface area (Å²) in [4.78, 5) is 20.0. The van der Waals surface area contributed by atoms with Crippen molar-refractivity contribution in [2.45, 2.75) is 43.3 Å². The second kappa shape index (κ2) is 10.8. The number of likely N-dealkylation sites (N-methyl/N-ethyl adjacent to an activating group) is 1. The first-order valence-electron chi connectivity index (χ1n) is 13.5. The summed E-state index contributed by atoms with van der Waals surface area (Å²) in [5, 5.41) is 11.8. The number of rotatable bonds is 7. The van der Waals surface area contributed by atoms with Crippen molar-refractivity contribution in [3.8, 4) is 6.07 Å². The summed E-state index contributed by atoms with van der Waals surface area (Å²) < 4.78 is 53.6. The van der Waals surface area contributed by atoms with Crippen LogP contribution in [-0.4, -0.2) is 73.1 Å². The maximum absolute atomic E-state index is 13.8. The summed E-state index contributed by atoms with van der Waals surface area (Å²) in [7, 11) is 2.10. The quantitative estimate of drug-likeness (QED) is 0.481. The number of carbonyl (C=O) groups is 1. The van der Waals surface area contributed by atoms with Crippen molar-refractivity contribution in [2.24, 2.45) is 5.92 Å². The van der Waals surface area contributed by atoms with E-state index in [4.69, 9.17) is 5.26 Å². The van der Waals surface area contributed by atoms with Crippen molar-refractivity contribution in [1.29, 1.82) is 5.26 Å². The van der Waals surface area contributed by atoms with Crippen LogP contribution >= 0.6 is 0 Å². The van der Waals surface area contributed by atoms with Crippen LogP contribution in [0.5, 0.6) is 0 Å². The third kappa shape index (κ3) is 5.75. The number of fused-ring (bicyclic) bond motifs is 1. The molecule has 0 bridgehead atoms. The monoisotopic (exact) mass is 543 g/mol. The van der Waals surface area contributed by atoms with Crippen LogP contribution in [0.1, 0.15) is 42.4 Å². The Bertz CT molecular complexity index is 1240. The molecule has 1 aliphatic heterocycles. The molecule has 1 heterocycles. The molecule has 2 aromatic carbocycles. The van der Waals surface area contributed by atoms with Gasteiger partial charge in [0.15, 0.2) is 0 Å². The molecule has 5 rings (SSSR count). The summed E-state index contributed by atoms with van der Waals surface area (Å²) in [5.41, 5.74) is 0.257. The van der Waals surface area contributed by atoms with Crippen molar-refractivity contribution in [1.82, 2.24) is 14.7 Å². The number of anilines is 1. The van der Waals surface area contributed by atoms with E-state index < -0.39 is 23.6 Å². The number of hydrogen-bond acceptors (Lipinski definition) is 4. The number of benzene rings is 2. The van der Waals surface area contributed by atoms with Gasteiger partial charge in [0.05, 0.1) is 17.2 Å². The molecule has 39 heavy (non-hydrogen) atoms. The van der Waals surface area contributed by atoms with Gasteiger partial charge in [-0.25, -0.2) is 9.18 Å². The third-order valence-corrected chi connectivity index (χ3v) is 8.73. The van der Waals surface area contributed by atoms with E-state index in [0.717, 1.165) is 70.5 Å². The molecule has 6 nitrogen and oxygen atoms in total. The van der Waals surface area contributed by atoms with Gasteiger partial charge in [0.1, 0.15) is 5.82 Å². The van der Waals surface area contributed by atoms with Gasteiger partial charge in [-0.3, -0.25) is 0 Å². The molecule has 1 unspecified atom stereocenters. The molecular weight excluding hydrogens is 510 g/mol. The predicted molar refractivity (Wildman–Crippen MR) is 140 cm³/mol. The van der Waals surface area contributed by atoms with Crippen LogP contribution in [0, 0.1) is 23.1 Å². The maximum atomic E-state index is 13.8. The Labute approximate surface area is 226 Å². The Hall–Kier alpha value is -3.16. The lowest BCUT2D eigenvalue weighted by Gasteiger charge is -2.34. The number of nitrogens with zero attached hydrogens (tertiary/aromatic N) is 4. The molecule has 0 radical (unpaired) electrons. The number of urea groups is 1. The molecule has 2 saturated carbocycles. The standard InChI is InChI=1S/C29H33F4N5O/c1-36-13-15-37(16-14-36)11-2-12-38(27(39)35-22-7-8-25(30)23(17-22)29(31,32)33)26-9-10-28(18-24(26)28)21-5-3-20(19-34)4-6-21/h3-8,17,24,26H,2,9-16,18H2,1H3,(H,35,39)/t24?,26-,28+/m1/s1. The zero-order valence-electron chi connectivity index (χ0n) is 22.0. The van der Waals surface area contributed by atoms with E-state index in [9.17, 15) is 22.4 Å². The normalized spacial score (nSPS) is 25.1. The molecular formula is C29H33F4N5O. The summed E-state index contributed by atoms with van der Waals surface area (Å²) in [5.74, 6) is -1.12. The van der Waals surface area contributed by atoms with Crippen molar-refractivity contribution in [2.75, 3.05) is 51.6 Å². The first-order valence-corrected chi connectivity index (χ1v) is 13.5. The van der Waals surface area contributed by atoms with Crippen LogP contribution in [0.2, 0.25) is 0 Å². The molecule has 208 valence electrons.